The van der Waals surface area contributed by atoms with Crippen LogP contribution < -0.4 is 11.2 Å². The average molecular weight is 286 g/mol. The molecular formula is C14H14N4O3. The molecule has 7 nitrogen and oxygen atoms in total. The van der Waals surface area contributed by atoms with Crippen LogP contribution in [0.25, 0.3) is 22.6 Å². The fourth-order valence-electron chi connectivity index (χ4n) is 2.38. The van der Waals surface area contributed by atoms with Crippen molar-refractivity contribution in [1.82, 2.24) is 19.5 Å². The Hall–Kier alpha value is -2.54. The summed E-state index contributed by atoms with van der Waals surface area (Å²) in [5.74, 6) is 0.188. The van der Waals surface area contributed by atoms with Crippen LogP contribution in [0.3, 0.4) is 0 Å². The van der Waals surface area contributed by atoms with E-state index < -0.39 is 11.2 Å². The van der Waals surface area contributed by atoms with Crippen molar-refractivity contribution in [2.45, 2.75) is 20.4 Å². The molecule has 2 aliphatic heterocycles. The highest BCUT2D eigenvalue weighted by molar-refractivity contribution is 5.81. The summed E-state index contributed by atoms with van der Waals surface area (Å²) in [5, 5.41) is 9.27. The molecule has 1 aromatic rings. The van der Waals surface area contributed by atoms with E-state index >= 15 is 0 Å². The maximum absolute atomic E-state index is 11.9. The van der Waals surface area contributed by atoms with Crippen LogP contribution in [0.4, 0.5) is 0 Å². The number of H-pyrrole nitrogens is 1. The lowest BCUT2D eigenvalue weighted by Crippen LogP contribution is -2.29. The van der Waals surface area contributed by atoms with Crippen molar-refractivity contribution in [3.05, 3.63) is 44.1 Å². The molecule has 0 aromatic heterocycles. The Labute approximate surface area is 119 Å². The number of benzene rings is 1. The molecular weight excluding hydrogens is 272 g/mol. The minimum atomic E-state index is -0.718. The summed E-state index contributed by atoms with van der Waals surface area (Å²) < 4.78 is 1.65. The highest BCUT2D eigenvalue weighted by Gasteiger charge is 2.18. The first-order valence-electron chi connectivity index (χ1n) is 6.54. The summed E-state index contributed by atoms with van der Waals surface area (Å²) in [4.78, 5) is 33.6. The number of aryl methyl sites for hydroxylation is 2. The van der Waals surface area contributed by atoms with Gasteiger partial charge in [0.2, 0.25) is 0 Å². The topological polar surface area (TPSA) is 101 Å². The summed E-state index contributed by atoms with van der Waals surface area (Å²) >= 11 is 0. The molecule has 2 heterocycles. The van der Waals surface area contributed by atoms with Crippen molar-refractivity contribution >= 4 is 11.0 Å². The Kier molecular flexibility index (Phi) is 3.06. The molecule has 0 amide bonds. The van der Waals surface area contributed by atoms with Crippen LogP contribution in [0, 0.1) is 13.8 Å². The number of hydrogen-bond acceptors (Lipinski definition) is 5. The number of aromatic amines is 1. The second kappa shape index (κ2) is 4.78. The van der Waals surface area contributed by atoms with Crippen molar-refractivity contribution in [3.8, 4) is 11.5 Å². The molecule has 0 saturated carbocycles. The van der Waals surface area contributed by atoms with E-state index in [2.05, 4.69) is 15.0 Å². The van der Waals surface area contributed by atoms with Crippen molar-refractivity contribution in [1.29, 1.82) is 0 Å². The standard InChI is InChI=1S/C14H14N4O3/c1-7-5-9-10(6-8(7)2)18(3-4-19)12-11(15-9)13(20)17-14(21)16-12/h5-6,19H,3-4H2,1-2H3,(H,17,20,21). The van der Waals surface area contributed by atoms with Crippen LogP contribution in [0.5, 0.6) is 0 Å². The molecule has 0 atom stereocenters. The van der Waals surface area contributed by atoms with Gasteiger partial charge in [0, 0.05) is 6.54 Å². The predicted molar refractivity (Wildman–Crippen MR) is 77.6 cm³/mol. The molecule has 0 unspecified atom stereocenters. The van der Waals surface area contributed by atoms with E-state index in [-0.39, 0.29) is 24.7 Å². The van der Waals surface area contributed by atoms with Gasteiger partial charge in [-0.2, -0.15) is 4.98 Å². The number of hydrogen-bond donors (Lipinski definition) is 2. The van der Waals surface area contributed by atoms with Gasteiger partial charge in [-0.3, -0.25) is 9.78 Å². The van der Waals surface area contributed by atoms with Gasteiger partial charge in [0.1, 0.15) is 0 Å². The molecule has 0 fully saturated rings. The Morgan fingerprint density at radius 3 is 2.62 bits per heavy atom. The van der Waals surface area contributed by atoms with Gasteiger partial charge in [0.15, 0.2) is 11.5 Å². The maximum atomic E-state index is 11.9. The molecule has 0 bridgehead atoms. The smallest absolute Gasteiger partial charge is 0.349 e. The van der Waals surface area contributed by atoms with Gasteiger partial charge in [-0.25, -0.2) is 9.78 Å². The molecule has 7 heteroatoms. The van der Waals surface area contributed by atoms with Gasteiger partial charge < -0.3 is 9.67 Å². The van der Waals surface area contributed by atoms with Crippen LogP contribution in [-0.4, -0.2) is 31.2 Å². The Morgan fingerprint density at radius 1 is 1.19 bits per heavy atom. The largest absolute Gasteiger partial charge is 0.395 e. The number of rotatable bonds is 2. The summed E-state index contributed by atoms with van der Waals surface area (Å²) in [6.45, 7) is 4.02. The summed E-state index contributed by atoms with van der Waals surface area (Å²) in [5.41, 5.74) is 2.28. The average Bonchev–Trinajstić information content (AvgIpc) is 2.42. The van der Waals surface area contributed by atoms with E-state index in [1.165, 1.54) is 0 Å². The lowest BCUT2D eigenvalue weighted by molar-refractivity contribution is 0.278. The number of aliphatic hydroxyl groups is 1. The molecule has 21 heavy (non-hydrogen) atoms. The van der Waals surface area contributed by atoms with Crippen LogP contribution in [0.1, 0.15) is 11.1 Å². The number of nitrogens with zero attached hydrogens (tertiary/aromatic N) is 3. The minimum Gasteiger partial charge on any atom is -0.395 e. The third-order valence-electron chi connectivity index (χ3n) is 3.55. The number of aliphatic hydroxyl groups excluding tert-OH is 1. The molecule has 3 rings (SSSR count). The van der Waals surface area contributed by atoms with Gasteiger partial charge in [-0.05, 0) is 37.1 Å². The number of aromatic nitrogens is 4. The van der Waals surface area contributed by atoms with Gasteiger partial charge in [0.25, 0.3) is 5.56 Å². The molecule has 0 saturated heterocycles. The fraction of sp³-hybridized carbons (Fsp3) is 0.286. The minimum absolute atomic E-state index is 0.0961. The third kappa shape index (κ3) is 2.11. The monoisotopic (exact) mass is 286 g/mol. The first kappa shape index (κ1) is 13.4. The zero-order chi connectivity index (χ0) is 15.1. The van der Waals surface area contributed by atoms with Crippen LogP contribution in [-0.2, 0) is 6.54 Å². The van der Waals surface area contributed by atoms with Crippen molar-refractivity contribution < 1.29 is 5.11 Å². The van der Waals surface area contributed by atoms with E-state index in [9.17, 15) is 14.7 Å². The lowest BCUT2D eigenvalue weighted by Gasteiger charge is -2.16. The zero-order valence-electron chi connectivity index (χ0n) is 11.7. The molecule has 2 aliphatic rings. The van der Waals surface area contributed by atoms with E-state index in [0.29, 0.717) is 5.52 Å². The molecule has 0 aliphatic carbocycles. The van der Waals surface area contributed by atoms with Gasteiger partial charge >= 0.3 is 5.69 Å². The van der Waals surface area contributed by atoms with E-state index in [0.717, 1.165) is 16.6 Å². The summed E-state index contributed by atoms with van der Waals surface area (Å²) in [6, 6.07) is 3.79. The van der Waals surface area contributed by atoms with Gasteiger partial charge in [0.05, 0.1) is 17.6 Å². The van der Waals surface area contributed by atoms with Gasteiger partial charge in [-0.15, -0.1) is 0 Å². The van der Waals surface area contributed by atoms with Gasteiger partial charge in [-0.1, -0.05) is 0 Å². The summed E-state index contributed by atoms with van der Waals surface area (Å²) in [6.07, 6.45) is 0. The maximum Gasteiger partial charge on any atom is 0.349 e. The third-order valence-corrected chi connectivity index (χ3v) is 3.55. The fourth-order valence-corrected chi connectivity index (χ4v) is 2.38. The van der Waals surface area contributed by atoms with Crippen molar-refractivity contribution in [2.75, 3.05) is 6.61 Å². The quantitative estimate of drug-likeness (QED) is 0.655. The molecule has 2 N–H and O–H groups in total. The van der Waals surface area contributed by atoms with Crippen LogP contribution in [0.15, 0.2) is 21.7 Å². The second-order valence-electron chi connectivity index (χ2n) is 4.96. The van der Waals surface area contributed by atoms with E-state index in [1.54, 1.807) is 4.57 Å². The van der Waals surface area contributed by atoms with Crippen LogP contribution in [0.2, 0.25) is 0 Å². The SMILES string of the molecule is Cc1cc2nc3c(=O)[nH]c(=O)nc-3n(CCO)c2cc1C. The Morgan fingerprint density at radius 2 is 1.90 bits per heavy atom. The number of nitrogens with one attached hydrogen (secondary N) is 1. The van der Waals surface area contributed by atoms with E-state index in [1.807, 2.05) is 26.0 Å². The second-order valence-corrected chi connectivity index (χ2v) is 4.96. The molecule has 108 valence electrons. The molecule has 0 radical (unpaired) electrons. The highest BCUT2D eigenvalue weighted by atomic mass is 16.3. The van der Waals surface area contributed by atoms with E-state index in [4.69, 9.17) is 0 Å². The highest BCUT2D eigenvalue weighted by Crippen LogP contribution is 2.23. The van der Waals surface area contributed by atoms with Crippen LogP contribution >= 0.6 is 0 Å². The first-order chi connectivity index (χ1) is 10.0. The Bertz CT molecular complexity index is 926. The normalized spacial score (nSPS) is 11.4. The zero-order valence-corrected chi connectivity index (χ0v) is 11.7. The molecule has 1 aromatic carbocycles. The van der Waals surface area contributed by atoms with Crippen molar-refractivity contribution in [2.24, 2.45) is 0 Å². The Balaban J connectivity index is 2.55. The molecule has 0 spiro atoms. The summed E-state index contributed by atoms with van der Waals surface area (Å²) in [7, 11) is 0. The lowest BCUT2D eigenvalue weighted by atomic mass is 10.1. The number of fused-ring (bicyclic) bond motifs is 2. The first-order valence-corrected chi connectivity index (χ1v) is 6.54. The van der Waals surface area contributed by atoms with Crippen molar-refractivity contribution in [3.63, 3.8) is 0 Å². The predicted octanol–water partition coefficient (Wildman–Crippen LogP) is 0.194.